The molecular weight excluding hydrogens is 393 g/mol. The second-order valence-corrected chi connectivity index (χ2v) is 9.23. The van der Waals surface area contributed by atoms with E-state index in [9.17, 15) is 14.0 Å². The summed E-state index contributed by atoms with van der Waals surface area (Å²) in [6.07, 6.45) is 1.08. The third-order valence-corrected chi connectivity index (χ3v) is 6.29. The van der Waals surface area contributed by atoms with Gasteiger partial charge in [-0.3, -0.25) is 9.59 Å². The molecule has 1 unspecified atom stereocenters. The van der Waals surface area contributed by atoms with Crippen molar-refractivity contribution in [1.82, 2.24) is 14.8 Å². The highest BCUT2D eigenvalue weighted by Crippen LogP contribution is 2.30. The van der Waals surface area contributed by atoms with Gasteiger partial charge in [-0.25, -0.2) is 4.39 Å². The molecule has 1 saturated heterocycles. The van der Waals surface area contributed by atoms with Gasteiger partial charge in [0.15, 0.2) is 0 Å². The molecule has 5 nitrogen and oxygen atoms in total. The van der Waals surface area contributed by atoms with Gasteiger partial charge in [0, 0.05) is 31.4 Å². The molecule has 1 aliphatic heterocycles. The van der Waals surface area contributed by atoms with Gasteiger partial charge in [-0.05, 0) is 79.2 Å². The van der Waals surface area contributed by atoms with E-state index in [0.29, 0.717) is 28.8 Å². The fourth-order valence-electron chi connectivity index (χ4n) is 4.72. The predicted octanol–water partition coefficient (Wildman–Crippen LogP) is 4.06. The fourth-order valence-corrected chi connectivity index (χ4v) is 4.72. The van der Waals surface area contributed by atoms with Crippen LogP contribution in [0.4, 0.5) is 4.39 Å². The lowest BCUT2D eigenvalue weighted by molar-refractivity contribution is 0.0730. The van der Waals surface area contributed by atoms with Gasteiger partial charge in [0.2, 0.25) is 0 Å². The van der Waals surface area contributed by atoms with Crippen LogP contribution in [0.1, 0.15) is 29.3 Å². The SMILES string of the molecule is Cc1cc(F)cc2c(=O)[nH]c(-c3ccc(C(=O)N(C)CC4(C)CCN(C)C4)cc3)cc12. The first-order chi connectivity index (χ1) is 14.6. The number of aromatic nitrogens is 1. The molecule has 0 aliphatic carbocycles. The van der Waals surface area contributed by atoms with Crippen molar-refractivity contribution in [3.8, 4) is 11.3 Å². The maximum Gasteiger partial charge on any atom is 0.256 e. The van der Waals surface area contributed by atoms with Gasteiger partial charge >= 0.3 is 0 Å². The molecule has 0 spiro atoms. The van der Waals surface area contributed by atoms with E-state index in [1.807, 2.05) is 25.2 Å². The molecule has 0 bridgehead atoms. The molecule has 1 N–H and O–H groups in total. The lowest BCUT2D eigenvalue weighted by Gasteiger charge is -2.30. The van der Waals surface area contributed by atoms with E-state index >= 15 is 0 Å². The van der Waals surface area contributed by atoms with Gasteiger partial charge in [0.25, 0.3) is 11.5 Å². The number of carbonyl (C=O) groups excluding carboxylic acids is 1. The van der Waals surface area contributed by atoms with Crippen LogP contribution in [0.25, 0.3) is 22.0 Å². The third kappa shape index (κ3) is 4.26. The minimum absolute atomic E-state index is 0.0133. The number of benzene rings is 2. The third-order valence-electron chi connectivity index (χ3n) is 6.29. The number of pyridine rings is 1. The minimum atomic E-state index is -0.423. The number of nitrogens with one attached hydrogen (secondary N) is 1. The van der Waals surface area contributed by atoms with Crippen LogP contribution < -0.4 is 5.56 Å². The molecule has 1 amide bonds. The quantitative estimate of drug-likeness (QED) is 0.691. The molecular formula is C25H28FN3O2. The summed E-state index contributed by atoms with van der Waals surface area (Å²) in [5, 5.41) is 1.05. The molecule has 0 radical (unpaired) electrons. The molecule has 31 heavy (non-hydrogen) atoms. The van der Waals surface area contributed by atoms with Crippen molar-refractivity contribution in [2.75, 3.05) is 33.7 Å². The van der Waals surface area contributed by atoms with Gasteiger partial charge < -0.3 is 14.8 Å². The Labute approximate surface area is 181 Å². The van der Waals surface area contributed by atoms with Crippen LogP contribution in [-0.4, -0.2) is 54.4 Å². The van der Waals surface area contributed by atoms with Crippen molar-refractivity contribution >= 4 is 16.7 Å². The molecule has 1 aromatic heterocycles. The van der Waals surface area contributed by atoms with Crippen LogP contribution in [0.15, 0.2) is 47.3 Å². The van der Waals surface area contributed by atoms with Crippen molar-refractivity contribution in [3.05, 3.63) is 69.8 Å². The summed E-state index contributed by atoms with van der Waals surface area (Å²) in [4.78, 5) is 32.3. The smallest absolute Gasteiger partial charge is 0.256 e. The number of likely N-dealkylation sites (tertiary alicyclic amines) is 1. The first-order valence-corrected chi connectivity index (χ1v) is 10.5. The Kier molecular flexibility index (Phi) is 5.43. The Bertz CT molecular complexity index is 1200. The van der Waals surface area contributed by atoms with E-state index in [1.54, 1.807) is 24.0 Å². The van der Waals surface area contributed by atoms with Gasteiger partial charge in [0.05, 0.1) is 5.39 Å². The van der Waals surface area contributed by atoms with Crippen molar-refractivity contribution in [3.63, 3.8) is 0 Å². The molecule has 1 aliphatic rings. The molecule has 6 heteroatoms. The van der Waals surface area contributed by atoms with E-state index in [-0.39, 0.29) is 16.9 Å². The van der Waals surface area contributed by atoms with Gasteiger partial charge in [-0.15, -0.1) is 0 Å². The minimum Gasteiger partial charge on any atom is -0.341 e. The average molecular weight is 422 g/mol. The van der Waals surface area contributed by atoms with Crippen molar-refractivity contribution < 1.29 is 9.18 Å². The molecule has 0 saturated carbocycles. The lowest BCUT2D eigenvalue weighted by Crippen LogP contribution is -2.38. The second kappa shape index (κ2) is 7.93. The van der Waals surface area contributed by atoms with Gasteiger partial charge in [-0.1, -0.05) is 19.1 Å². The number of amides is 1. The molecule has 2 heterocycles. The van der Waals surface area contributed by atoms with Crippen LogP contribution in [0.3, 0.4) is 0 Å². The van der Waals surface area contributed by atoms with E-state index in [1.165, 1.54) is 12.1 Å². The van der Waals surface area contributed by atoms with Crippen LogP contribution in [0, 0.1) is 18.2 Å². The second-order valence-electron chi connectivity index (χ2n) is 9.23. The number of H-pyrrole nitrogens is 1. The maximum absolute atomic E-state index is 13.7. The lowest BCUT2D eigenvalue weighted by atomic mass is 9.89. The molecule has 1 fully saturated rings. The summed E-state index contributed by atoms with van der Waals surface area (Å²) in [5.74, 6) is -0.436. The maximum atomic E-state index is 13.7. The Morgan fingerprint density at radius 1 is 1.19 bits per heavy atom. The normalized spacial score (nSPS) is 19.1. The summed E-state index contributed by atoms with van der Waals surface area (Å²) in [7, 11) is 3.96. The van der Waals surface area contributed by atoms with Crippen LogP contribution in [0.5, 0.6) is 0 Å². The van der Waals surface area contributed by atoms with Crippen molar-refractivity contribution in [1.29, 1.82) is 0 Å². The first-order valence-electron chi connectivity index (χ1n) is 10.5. The number of hydrogen-bond acceptors (Lipinski definition) is 3. The van der Waals surface area contributed by atoms with Gasteiger partial charge in [-0.2, -0.15) is 0 Å². The average Bonchev–Trinajstić information content (AvgIpc) is 3.06. The number of aromatic amines is 1. The van der Waals surface area contributed by atoms with E-state index in [0.717, 1.165) is 30.5 Å². The summed E-state index contributed by atoms with van der Waals surface area (Å²) in [5.41, 5.74) is 2.54. The van der Waals surface area contributed by atoms with Gasteiger partial charge in [0.1, 0.15) is 5.82 Å². The fraction of sp³-hybridized carbons (Fsp3) is 0.360. The Hall–Kier alpha value is -2.99. The Morgan fingerprint density at radius 3 is 2.55 bits per heavy atom. The largest absolute Gasteiger partial charge is 0.341 e. The zero-order chi connectivity index (χ0) is 22.3. The topological polar surface area (TPSA) is 56.4 Å². The van der Waals surface area contributed by atoms with Crippen LogP contribution in [0.2, 0.25) is 0 Å². The van der Waals surface area contributed by atoms with Crippen LogP contribution >= 0.6 is 0 Å². The number of nitrogens with zero attached hydrogens (tertiary/aromatic N) is 2. The monoisotopic (exact) mass is 421 g/mol. The number of fused-ring (bicyclic) bond motifs is 1. The highest BCUT2D eigenvalue weighted by Gasteiger charge is 2.34. The zero-order valence-corrected chi connectivity index (χ0v) is 18.5. The van der Waals surface area contributed by atoms with E-state index in [4.69, 9.17) is 0 Å². The molecule has 2 aromatic carbocycles. The zero-order valence-electron chi connectivity index (χ0n) is 18.5. The molecule has 4 rings (SSSR count). The number of hydrogen-bond donors (Lipinski definition) is 1. The van der Waals surface area contributed by atoms with Crippen molar-refractivity contribution in [2.45, 2.75) is 20.3 Å². The van der Waals surface area contributed by atoms with E-state index < -0.39 is 5.82 Å². The molecule has 162 valence electrons. The summed E-state index contributed by atoms with van der Waals surface area (Å²) < 4.78 is 13.7. The number of carbonyl (C=O) groups is 1. The van der Waals surface area contributed by atoms with Crippen molar-refractivity contribution in [2.24, 2.45) is 5.41 Å². The highest BCUT2D eigenvalue weighted by atomic mass is 19.1. The number of halogens is 1. The summed E-state index contributed by atoms with van der Waals surface area (Å²) in [6, 6.07) is 11.8. The number of aryl methyl sites for hydroxylation is 1. The first kappa shape index (κ1) is 21.2. The standard InChI is InChI=1S/C25H28FN3O2/c1-16-11-19(26)12-21-20(16)13-22(27-23(21)30)17-5-7-18(8-6-17)24(31)29(4)15-25(2)9-10-28(3)14-25/h5-8,11-13H,9-10,14-15H2,1-4H3,(H,27,30). The summed E-state index contributed by atoms with van der Waals surface area (Å²) >= 11 is 0. The van der Waals surface area contributed by atoms with E-state index in [2.05, 4.69) is 23.9 Å². The Balaban J connectivity index is 1.57. The summed E-state index contributed by atoms with van der Waals surface area (Å²) in [6.45, 7) is 6.78. The molecule has 1 atom stereocenters. The number of rotatable bonds is 4. The predicted molar refractivity (Wildman–Crippen MR) is 122 cm³/mol. The molecule has 3 aromatic rings. The Morgan fingerprint density at radius 2 is 1.90 bits per heavy atom. The van der Waals surface area contributed by atoms with Crippen LogP contribution in [-0.2, 0) is 0 Å². The highest BCUT2D eigenvalue weighted by molar-refractivity contribution is 5.95.